The average molecular weight is 242 g/mol. The van der Waals surface area contributed by atoms with Crippen molar-refractivity contribution < 1.29 is 0 Å². The van der Waals surface area contributed by atoms with Crippen molar-refractivity contribution in [3.05, 3.63) is 58.1 Å². The van der Waals surface area contributed by atoms with E-state index in [1.807, 2.05) is 12.1 Å². The van der Waals surface area contributed by atoms with Gasteiger partial charge in [-0.25, -0.2) is 0 Å². The Balaban J connectivity index is 2.58. The third-order valence-electron chi connectivity index (χ3n) is 2.79. The maximum atomic E-state index is 8.84. The van der Waals surface area contributed by atoms with Crippen LogP contribution in [0.2, 0.25) is 5.02 Å². The zero-order valence-electron chi connectivity index (χ0n) is 9.79. The second-order valence-electron chi connectivity index (χ2n) is 4.12. The van der Waals surface area contributed by atoms with E-state index in [9.17, 15) is 0 Å². The van der Waals surface area contributed by atoms with Gasteiger partial charge in [-0.05, 0) is 42.7 Å². The highest BCUT2D eigenvalue weighted by Gasteiger charge is 2.05. The molecular formula is C15H12ClN. The summed E-state index contributed by atoms with van der Waals surface area (Å²) in [5.74, 6) is 0. The smallest absolute Gasteiger partial charge is 0.101 e. The van der Waals surface area contributed by atoms with Gasteiger partial charge in [0.2, 0.25) is 0 Å². The van der Waals surface area contributed by atoms with Gasteiger partial charge >= 0.3 is 0 Å². The van der Waals surface area contributed by atoms with Gasteiger partial charge in [-0.1, -0.05) is 41.4 Å². The first-order valence-electron chi connectivity index (χ1n) is 5.39. The highest BCUT2D eigenvalue weighted by Crippen LogP contribution is 2.28. The summed E-state index contributed by atoms with van der Waals surface area (Å²) in [7, 11) is 0. The first kappa shape index (κ1) is 11.7. The number of halogens is 1. The number of aryl methyl sites for hydroxylation is 2. The molecule has 0 amide bonds. The van der Waals surface area contributed by atoms with E-state index in [0.29, 0.717) is 10.6 Å². The fourth-order valence-corrected chi connectivity index (χ4v) is 2.04. The zero-order chi connectivity index (χ0) is 12.4. The molecule has 2 rings (SSSR count). The van der Waals surface area contributed by atoms with Gasteiger partial charge < -0.3 is 0 Å². The Labute approximate surface area is 106 Å². The summed E-state index contributed by atoms with van der Waals surface area (Å²) in [6, 6.07) is 13.9. The molecule has 17 heavy (non-hydrogen) atoms. The molecule has 0 fully saturated rings. The largest absolute Gasteiger partial charge is 0.192 e. The SMILES string of the molecule is Cc1ccc(C)c(-c2ccc(C#N)c(Cl)c2)c1. The summed E-state index contributed by atoms with van der Waals surface area (Å²) in [6.07, 6.45) is 0. The van der Waals surface area contributed by atoms with Gasteiger partial charge in [0.1, 0.15) is 6.07 Å². The van der Waals surface area contributed by atoms with Gasteiger partial charge in [0.05, 0.1) is 10.6 Å². The van der Waals surface area contributed by atoms with E-state index in [-0.39, 0.29) is 0 Å². The summed E-state index contributed by atoms with van der Waals surface area (Å²) >= 11 is 6.05. The van der Waals surface area contributed by atoms with Gasteiger partial charge in [-0.15, -0.1) is 0 Å². The molecule has 0 saturated heterocycles. The third kappa shape index (κ3) is 2.33. The lowest BCUT2D eigenvalue weighted by Crippen LogP contribution is -1.86. The van der Waals surface area contributed by atoms with Crippen molar-refractivity contribution in [2.24, 2.45) is 0 Å². The van der Waals surface area contributed by atoms with E-state index in [2.05, 4.69) is 38.1 Å². The molecular weight excluding hydrogens is 230 g/mol. The van der Waals surface area contributed by atoms with Crippen molar-refractivity contribution in [3.63, 3.8) is 0 Å². The maximum absolute atomic E-state index is 8.84. The van der Waals surface area contributed by atoms with Crippen molar-refractivity contribution in [1.29, 1.82) is 5.26 Å². The van der Waals surface area contributed by atoms with E-state index < -0.39 is 0 Å². The summed E-state index contributed by atoms with van der Waals surface area (Å²) in [4.78, 5) is 0. The summed E-state index contributed by atoms with van der Waals surface area (Å²) < 4.78 is 0. The summed E-state index contributed by atoms with van der Waals surface area (Å²) in [5, 5.41) is 9.35. The highest BCUT2D eigenvalue weighted by molar-refractivity contribution is 6.32. The van der Waals surface area contributed by atoms with Crippen LogP contribution in [0.4, 0.5) is 0 Å². The number of nitriles is 1. The van der Waals surface area contributed by atoms with Crippen molar-refractivity contribution >= 4 is 11.6 Å². The molecule has 0 aliphatic carbocycles. The molecule has 0 unspecified atom stereocenters. The molecule has 2 aromatic carbocycles. The fourth-order valence-electron chi connectivity index (χ4n) is 1.82. The molecule has 0 aliphatic rings. The number of nitrogens with zero attached hydrogens (tertiary/aromatic N) is 1. The number of hydrogen-bond donors (Lipinski definition) is 0. The number of benzene rings is 2. The normalized spacial score (nSPS) is 10.0. The minimum atomic E-state index is 0.505. The van der Waals surface area contributed by atoms with Crippen LogP contribution in [0.3, 0.4) is 0 Å². The summed E-state index contributed by atoms with van der Waals surface area (Å²) in [6.45, 7) is 4.13. The monoisotopic (exact) mass is 241 g/mol. The molecule has 84 valence electrons. The molecule has 0 atom stereocenters. The van der Waals surface area contributed by atoms with Crippen LogP contribution < -0.4 is 0 Å². The molecule has 0 radical (unpaired) electrons. The molecule has 0 aromatic heterocycles. The topological polar surface area (TPSA) is 23.8 Å². The minimum Gasteiger partial charge on any atom is -0.192 e. The Bertz CT molecular complexity index is 609. The van der Waals surface area contributed by atoms with Crippen LogP contribution in [-0.4, -0.2) is 0 Å². The van der Waals surface area contributed by atoms with Gasteiger partial charge in [-0.3, -0.25) is 0 Å². The summed E-state index contributed by atoms with van der Waals surface area (Å²) in [5.41, 5.74) is 5.15. The lowest BCUT2D eigenvalue weighted by Gasteiger charge is -2.08. The van der Waals surface area contributed by atoms with E-state index in [0.717, 1.165) is 11.1 Å². The van der Waals surface area contributed by atoms with E-state index in [4.69, 9.17) is 16.9 Å². The van der Waals surface area contributed by atoms with Crippen molar-refractivity contribution in [3.8, 4) is 17.2 Å². The minimum absolute atomic E-state index is 0.505. The first-order chi connectivity index (χ1) is 8.11. The molecule has 0 saturated carbocycles. The Hall–Kier alpha value is -1.78. The Kier molecular flexibility index (Phi) is 3.17. The third-order valence-corrected chi connectivity index (χ3v) is 3.11. The van der Waals surface area contributed by atoms with Gasteiger partial charge in [-0.2, -0.15) is 5.26 Å². The van der Waals surface area contributed by atoms with Gasteiger partial charge in [0, 0.05) is 0 Å². The van der Waals surface area contributed by atoms with Crippen LogP contribution in [0.15, 0.2) is 36.4 Å². The fraction of sp³-hybridized carbons (Fsp3) is 0.133. The average Bonchev–Trinajstić information content (AvgIpc) is 2.32. The lowest BCUT2D eigenvalue weighted by molar-refractivity contribution is 1.39. The van der Waals surface area contributed by atoms with Crippen LogP contribution in [0.5, 0.6) is 0 Å². The molecule has 0 bridgehead atoms. The first-order valence-corrected chi connectivity index (χ1v) is 5.77. The number of hydrogen-bond acceptors (Lipinski definition) is 1. The maximum Gasteiger partial charge on any atom is 0.101 e. The second-order valence-corrected chi connectivity index (χ2v) is 4.53. The van der Waals surface area contributed by atoms with Gasteiger partial charge in [0.15, 0.2) is 0 Å². The zero-order valence-corrected chi connectivity index (χ0v) is 10.5. The molecule has 1 nitrogen and oxygen atoms in total. The standard InChI is InChI=1S/C15H12ClN/c1-10-3-4-11(2)14(7-10)12-5-6-13(9-17)15(16)8-12/h3-8H,1-2H3. The van der Waals surface area contributed by atoms with Crippen molar-refractivity contribution in [1.82, 2.24) is 0 Å². The second kappa shape index (κ2) is 4.61. The highest BCUT2D eigenvalue weighted by atomic mass is 35.5. The Morgan fingerprint density at radius 3 is 2.47 bits per heavy atom. The Morgan fingerprint density at radius 1 is 1.06 bits per heavy atom. The molecule has 0 aliphatic heterocycles. The van der Waals surface area contributed by atoms with Crippen LogP contribution >= 0.6 is 11.6 Å². The Morgan fingerprint density at radius 2 is 1.82 bits per heavy atom. The van der Waals surface area contributed by atoms with Crippen LogP contribution in [0, 0.1) is 25.2 Å². The van der Waals surface area contributed by atoms with Crippen LogP contribution in [0.25, 0.3) is 11.1 Å². The molecule has 2 aromatic rings. The van der Waals surface area contributed by atoms with Crippen molar-refractivity contribution in [2.75, 3.05) is 0 Å². The molecule has 0 N–H and O–H groups in total. The van der Waals surface area contributed by atoms with Crippen LogP contribution in [0.1, 0.15) is 16.7 Å². The van der Waals surface area contributed by atoms with E-state index in [1.54, 1.807) is 6.07 Å². The predicted molar refractivity (Wildman–Crippen MR) is 71.1 cm³/mol. The van der Waals surface area contributed by atoms with E-state index >= 15 is 0 Å². The quantitative estimate of drug-likeness (QED) is 0.721. The number of rotatable bonds is 1. The van der Waals surface area contributed by atoms with Crippen molar-refractivity contribution in [2.45, 2.75) is 13.8 Å². The predicted octanol–water partition coefficient (Wildman–Crippen LogP) is 4.50. The molecule has 2 heteroatoms. The molecule has 0 spiro atoms. The van der Waals surface area contributed by atoms with Crippen LogP contribution in [-0.2, 0) is 0 Å². The van der Waals surface area contributed by atoms with Gasteiger partial charge in [0.25, 0.3) is 0 Å². The molecule has 0 heterocycles. The van der Waals surface area contributed by atoms with E-state index in [1.165, 1.54) is 11.1 Å². The lowest BCUT2D eigenvalue weighted by atomic mass is 9.98.